The molecule has 0 bridgehead atoms. The lowest BCUT2D eigenvalue weighted by molar-refractivity contribution is 0.105. The first-order valence-electron chi connectivity index (χ1n) is 8.97. The van der Waals surface area contributed by atoms with E-state index >= 15 is 0 Å². The van der Waals surface area contributed by atoms with Crippen molar-refractivity contribution in [2.75, 3.05) is 43.0 Å². The molecule has 1 amide bonds. The Kier molecular flexibility index (Phi) is 5.88. The highest BCUT2D eigenvalue weighted by molar-refractivity contribution is 5.68. The minimum Gasteiger partial charge on any atom is -0.450 e. The number of anilines is 2. The number of amides is 1. The molecule has 0 saturated carbocycles. The van der Waals surface area contributed by atoms with Gasteiger partial charge in [-0.3, -0.25) is 0 Å². The van der Waals surface area contributed by atoms with Crippen LogP contribution in [0.4, 0.5) is 16.4 Å². The number of ether oxygens (including phenoxy) is 1. The highest BCUT2D eigenvalue weighted by atomic mass is 16.6. The van der Waals surface area contributed by atoms with Gasteiger partial charge in [0, 0.05) is 38.3 Å². The topological polar surface area (TPSA) is 70.6 Å². The maximum atomic E-state index is 11.8. The fourth-order valence-corrected chi connectivity index (χ4v) is 2.98. The van der Waals surface area contributed by atoms with Gasteiger partial charge < -0.3 is 19.9 Å². The van der Waals surface area contributed by atoms with Gasteiger partial charge in [-0.25, -0.2) is 14.8 Å². The molecule has 1 aromatic carbocycles. The summed E-state index contributed by atoms with van der Waals surface area (Å²) in [5.41, 5.74) is 1.20. The van der Waals surface area contributed by atoms with Gasteiger partial charge in [-0.1, -0.05) is 30.3 Å². The Morgan fingerprint density at radius 2 is 1.92 bits per heavy atom. The molecule has 2 aromatic rings. The molecule has 3 rings (SSSR count). The second kappa shape index (κ2) is 8.51. The fourth-order valence-electron chi connectivity index (χ4n) is 2.98. The summed E-state index contributed by atoms with van der Waals surface area (Å²) in [7, 11) is 0. The van der Waals surface area contributed by atoms with E-state index in [2.05, 4.69) is 39.2 Å². The minimum atomic E-state index is -0.242. The van der Waals surface area contributed by atoms with Crippen molar-refractivity contribution in [1.29, 1.82) is 0 Å². The van der Waals surface area contributed by atoms with Gasteiger partial charge in [0.05, 0.1) is 6.61 Å². The van der Waals surface area contributed by atoms with Crippen molar-refractivity contribution >= 4 is 17.7 Å². The van der Waals surface area contributed by atoms with Gasteiger partial charge in [-0.05, 0) is 19.4 Å². The fraction of sp³-hybridized carbons (Fsp3) is 0.421. The molecule has 138 valence electrons. The first kappa shape index (κ1) is 18.0. The molecule has 0 aliphatic carbocycles. The molecule has 1 fully saturated rings. The number of carbonyl (C=O) groups is 1. The second-order valence-corrected chi connectivity index (χ2v) is 6.21. The number of piperazine rings is 1. The quantitative estimate of drug-likeness (QED) is 0.889. The number of rotatable bonds is 5. The maximum absolute atomic E-state index is 11.8. The average molecular weight is 355 g/mol. The largest absolute Gasteiger partial charge is 0.450 e. The molecule has 1 aromatic heterocycles. The molecule has 1 atom stereocenters. The summed E-state index contributed by atoms with van der Waals surface area (Å²) in [5, 5.41) is 3.42. The van der Waals surface area contributed by atoms with E-state index in [1.807, 2.05) is 31.2 Å². The number of nitrogens with zero attached hydrogens (tertiary/aromatic N) is 4. The Hall–Kier alpha value is -2.83. The Labute approximate surface area is 154 Å². The zero-order chi connectivity index (χ0) is 18.4. The Morgan fingerprint density at radius 3 is 2.62 bits per heavy atom. The summed E-state index contributed by atoms with van der Waals surface area (Å²) in [6.07, 6.45) is 1.33. The number of hydrogen-bond donors (Lipinski definition) is 1. The van der Waals surface area contributed by atoms with Gasteiger partial charge in [0.1, 0.15) is 18.0 Å². The van der Waals surface area contributed by atoms with Crippen molar-refractivity contribution < 1.29 is 9.53 Å². The number of hydrogen-bond acceptors (Lipinski definition) is 6. The lowest BCUT2D eigenvalue weighted by Gasteiger charge is -2.34. The maximum Gasteiger partial charge on any atom is 0.409 e. The van der Waals surface area contributed by atoms with E-state index in [4.69, 9.17) is 4.74 Å². The van der Waals surface area contributed by atoms with Gasteiger partial charge in [-0.2, -0.15) is 0 Å². The Bertz CT molecular complexity index is 717. The van der Waals surface area contributed by atoms with E-state index in [9.17, 15) is 4.79 Å². The highest BCUT2D eigenvalue weighted by Crippen LogP contribution is 2.21. The molecule has 1 N–H and O–H groups in total. The lowest BCUT2D eigenvalue weighted by Crippen LogP contribution is -2.49. The standard InChI is InChI=1S/C19H25N5O2/c1-3-26-19(25)24-11-9-23(10-12-24)18-13-17(20-14-21-18)22-15(2)16-7-5-4-6-8-16/h4-8,13-15H,3,9-12H2,1-2H3,(H,20,21,22). The molecule has 7 nitrogen and oxygen atoms in total. The normalized spacial score (nSPS) is 15.5. The summed E-state index contributed by atoms with van der Waals surface area (Å²) < 4.78 is 5.06. The third-order valence-corrected chi connectivity index (χ3v) is 4.45. The van der Waals surface area contributed by atoms with Crippen LogP contribution in [0.3, 0.4) is 0 Å². The summed E-state index contributed by atoms with van der Waals surface area (Å²) in [5.74, 6) is 1.66. The van der Waals surface area contributed by atoms with Crippen molar-refractivity contribution in [2.45, 2.75) is 19.9 Å². The summed E-state index contributed by atoms with van der Waals surface area (Å²) in [4.78, 5) is 24.4. The van der Waals surface area contributed by atoms with Gasteiger partial charge in [-0.15, -0.1) is 0 Å². The lowest BCUT2D eigenvalue weighted by atomic mass is 10.1. The predicted molar refractivity (Wildman–Crippen MR) is 101 cm³/mol. The first-order valence-corrected chi connectivity index (χ1v) is 8.97. The molecule has 26 heavy (non-hydrogen) atoms. The highest BCUT2D eigenvalue weighted by Gasteiger charge is 2.23. The van der Waals surface area contributed by atoms with Crippen LogP contribution >= 0.6 is 0 Å². The van der Waals surface area contributed by atoms with E-state index < -0.39 is 0 Å². The number of aromatic nitrogens is 2. The third kappa shape index (κ3) is 4.41. The second-order valence-electron chi connectivity index (χ2n) is 6.21. The van der Waals surface area contributed by atoms with Crippen LogP contribution in [-0.4, -0.2) is 53.7 Å². The van der Waals surface area contributed by atoms with Gasteiger partial charge in [0.15, 0.2) is 0 Å². The molecule has 7 heteroatoms. The number of carbonyl (C=O) groups excluding carboxylic acids is 1. The third-order valence-electron chi connectivity index (χ3n) is 4.45. The summed E-state index contributed by atoms with van der Waals surface area (Å²) >= 11 is 0. The van der Waals surface area contributed by atoms with Crippen LogP contribution in [0.2, 0.25) is 0 Å². The molecule has 0 radical (unpaired) electrons. The molecular weight excluding hydrogens is 330 g/mol. The number of benzene rings is 1. The van der Waals surface area contributed by atoms with E-state index in [1.165, 1.54) is 5.56 Å². The average Bonchev–Trinajstić information content (AvgIpc) is 2.69. The number of nitrogens with one attached hydrogen (secondary N) is 1. The van der Waals surface area contributed by atoms with Crippen LogP contribution in [0, 0.1) is 0 Å². The van der Waals surface area contributed by atoms with Crippen LogP contribution in [-0.2, 0) is 4.74 Å². The molecule has 1 aliphatic rings. The van der Waals surface area contributed by atoms with Crippen molar-refractivity contribution in [3.8, 4) is 0 Å². The van der Waals surface area contributed by atoms with Crippen molar-refractivity contribution in [3.63, 3.8) is 0 Å². The molecule has 2 heterocycles. The van der Waals surface area contributed by atoms with Crippen LogP contribution in [0.15, 0.2) is 42.7 Å². The van der Waals surface area contributed by atoms with Crippen LogP contribution < -0.4 is 10.2 Å². The van der Waals surface area contributed by atoms with E-state index in [0.29, 0.717) is 19.7 Å². The summed E-state index contributed by atoms with van der Waals surface area (Å²) in [6, 6.07) is 12.4. The van der Waals surface area contributed by atoms with Crippen LogP contribution in [0.1, 0.15) is 25.5 Å². The first-order chi connectivity index (χ1) is 12.7. The van der Waals surface area contributed by atoms with Crippen molar-refractivity contribution in [1.82, 2.24) is 14.9 Å². The molecule has 1 aliphatic heterocycles. The van der Waals surface area contributed by atoms with Gasteiger partial charge in [0.25, 0.3) is 0 Å². The van der Waals surface area contributed by atoms with E-state index in [1.54, 1.807) is 11.2 Å². The van der Waals surface area contributed by atoms with Crippen LogP contribution in [0.25, 0.3) is 0 Å². The molecular formula is C19H25N5O2. The SMILES string of the molecule is CCOC(=O)N1CCN(c2cc(NC(C)c3ccccc3)ncn2)CC1. The summed E-state index contributed by atoms with van der Waals surface area (Å²) in [6.45, 7) is 7.04. The van der Waals surface area contributed by atoms with E-state index in [0.717, 1.165) is 24.7 Å². The predicted octanol–water partition coefficient (Wildman–Crippen LogP) is 2.93. The smallest absolute Gasteiger partial charge is 0.409 e. The molecule has 0 spiro atoms. The zero-order valence-corrected chi connectivity index (χ0v) is 15.3. The zero-order valence-electron chi connectivity index (χ0n) is 15.3. The molecule has 1 saturated heterocycles. The van der Waals surface area contributed by atoms with E-state index in [-0.39, 0.29) is 12.1 Å². The van der Waals surface area contributed by atoms with Crippen LogP contribution in [0.5, 0.6) is 0 Å². The van der Waals surface area contributed by atoms with Gasteiger partial charge >= 0.3 is 6.09 Å². The van der Waals surface area contributed by atoms with Crippen molar-refractivity contribution in [2.24, 2.45) is 0 Å². The van der Waals surface area contributed by atoms with Crippen molar-refractivity contribution in [3.05, 3.63) is 48.3 Å². The minimum absolute atomic E-state index is 0.152. The Morgan fingerprint density at radius 1 is 1.19 bits per heavy atom. The monoisotopic (exact) mass is 355 g/mol. The molecule has 1 unspecified atom stereocenters. The Balaban J connectivity index is 1.60. The van der Waals surface area contributed by atoms with Gasteiger partial charge in [0.2, 0.25) is 0 Å².